The maximum atomic E-state index is 10.7. The fourth-order valence-corrected chi connectivity index (χ4v) is 0.986. The van der Waals surface area contributed by atoms with Crippen molar-refractivity contribution in [2.75, 3.05) is 0 Å². The van der Waals surface area contributed by atoms with Crippen molar-refractivity contribution in [3.63, 3.8) is 0 Å². The lowest BCUT2D eigenvalue weighted by Crippen LogP contribution is -2.10. The number of Topliss-reactive ketones (excluding diaryl/α,β-unsaturated/α-hetero) is 1. The Labute approximate surface area is 75.0 Å². The minimum Gasteiger partial charge on any atom is -0.476 e. The number of rotatable bonds is 3. The van der Waals surface area contributed by atoms with Crippen molar-refractivity contribution in [3.05, 3.63) is 17.5 Å². The van der Waals surface area contributed by atoms with E-state index in [4.69, 9.17) is 5.11 Å². The molecular formula is C8H10N2O3. The molecule has 0 aliphatic rings. The van der Waals surface area contributed by atoms with Gasteiger partial charge >= 0.3 is 5.97 Å². The number of carboxylic acids is 1. The molecule has 5 heteroatoms. The second-order valence-corrected chi connectivity index (χ2v) is 2.84. The summed E-state index contributed by atoms with van der Waals surface area (Å²) in [5, 5.41) is 12.3. The first-order valence-corrected chi connectivity index (χ1v) is 3.78. The molecule has 0 amide bonds. The van der Waals surface area contributed by atoms with Crippen molar-refractivity contribution < 1.29 is 14.7 Å². The fourth-order valence-electron chi connectivity index (χ4n) is 0.986. The molecule has 0 fully saturated rings. The number of aryl methyl sites for hydroxylation is 1. The van der Waals surface area contributed by atoms with Gasteiger partial charge in [-0.15, -0.1) is 0 Å². The van der Waals surface area contributed by atoms with Crippen LogP contribution in [0, 0.1) is 6.92 Å². The zero-order valence-corrected chi connectivity index (χ0v) is 7.44. The van der Waals surface area contributed by atoms with Crippen molar-refractivity contribution in [3.8, 4) is 0 Å². The highest BCUT2D eigenvalue weighted by Gasteiger charge is 2.10. The second-order valence-electron chi connectivity index (χ2n) is 2.84. The molecule has 1 N–H and O–H groups in total. The van der Waals surface area contributed by atoms with Gasteiger partial charge in [-0.25, -0.2) is 4.79 Å². The van der Waals surface area contributed by atoms with Crippen LogP contribution in [0.5, 0.6) is 0 Å². The van der Waals surface area contributed by atoms with Gasteiger partial charge in [0.2, 0.25) is 0 Å². The van der Waals surface area contributed by atoms with E-state index < -0.39 is 5.97 Å². The number of aromatic nitrogens is 2. The van der Waals surface area contributed by atoms with Crippen LogP contribution in [-0.2, 0) is 11.3 Å². The first kappa shape index (κ1) is 9.44. The summed E-state index contributed by atoms with van der Waals surface area (Å²) in [6, 6.07) is 1.44. The van der Waals surface area contributed by atoms with E-state index in [2.05, 4.69) is 5.10 Å². The predicted molar refractivity (Wildman–Crippen MR) is 44.6 cm³/mol. The fraction of sp³-hybridized carbons (Fsp3) is 0.375. The lowest BCUT2D eigenvalue weighted by Gasteiger charge is -1.98. The topological polar surface area (TPSA) is 72.2 Å². The molecule has 0 saturated carbocycles. The number of hydrogen-bond donors (Lipinski definition) is 1. The number of nitrogens with zero attached hydrogens (tertiary/aromatic N) is 2. The van der Waals surface area contributed by atoms with Crippen molar-refractivity contribution in [2.24, 2.45) is 0 Å². The zero-order chi connectivity index (χ0) is 10.0. The number of carbonyl (C=O) groups is 2. The first-order valence-electron chi connectivity index (χ1n) is 3.78. The SMILES string of the molecule is CC(=O)Cn1nc(C(=O)O)cc1C. The molecule has 0 spiro atoms. The normalized spacial score (nSPS) is 10.0. The molecule has 13 heavy (non-hydrogen) atoms. The van der Waals surface area contributed by atoms with Gasteiger partial charge in [-0.2, -0.15) is 5.10 Å². The van der Waals surface area contributed by atoms with Gasteiger partial charge in [0.05, 0.1) is 6.54 Å². The van der Waals surface area contributed by atoms with E-state index in [1.807, 2.05) is 0 Å². The Balaban J connectivity index is 2.96. The van der Waals surface area contributed by atoms with Gasteiger partial charge in [-0.3, -0.25) is 9.48 Å². The minimum atomic E-state index is -1.08. The molecule has 1 aromatic heterocycles. The Morgan fingerprint density at radius 3 is 2.62 bits per heavy atom. The molecule has 5 nitrogen and oxygen atoms in total. The smallest absolute Gasteiger partial charge is 0.356 e. The molecule has 0 saturated heterocycles. The largest absolute Gasteiger partial charge is 0.476 e. The minimum absolute atomic E-state index is 0.0289. The number of ketones is 1. The van der Waals surface area contributed by atoms with E-state index in [9.17, 15) is 9.59 Å². The van der Waals surface area contributed by atoms with Gasteiger partial charge in [-0.1, -0.05) is 0 Å². The summed E-state index contributed by atoms with van der Waals surface area (Å²) in [6.07, 6.45) is 0. The van der Waals surface area contributed by atoms with E-state index in [0.717, 1.165) is 0 Å². The van der Waals surface area contributed by atoms with Crippen LogP contribution in [0.4, 0.5) is 0 Å². The molecule has 0 atom stereocenters. The summed E-state index contributed by atoms with van der Waals surface area (Å²) in [6.45, 7) is 3.27. The Morgan fingerprint density at radius 1 is 1.62 bits per heavy atom. The van der Waals surface area contributed by atoms with Crippen molar-refractivity contribution in [1.82, 2.24) is 9.78 Å². The Morgan fingerprint density at radius 2 is 2.23 bits per heavy atom. The van der Waals surface area contributed by atoms with Crippen LogP contribution in [0.2, 0.25) is 0 Å². The predicted octanol–water partition coefficient (Wildman–Crippen LogP) is 0.479. The molecule has 0 radical (unpaired) electrons. The van der Waals surface area contributed by atoms with Crippen LogP contribution in [0.25, 0.3) is 0 Å². The molecular weight excluding hydrogens is 172 g/mol. The van der Waals surface area contributed by atoms with Gasteiger partial charge < -0.3 is 5.11 Å². The van der Waals surface area contributed by atoms with E-state index >= 15 is 0 Å². The van der Waals surface area contributed by atoms with Crippen molar-refractivity contribution in [2.45, 2.75) is 20.4 Å². The van der Waals surface area contributed by atoms with E-state index in [1.165, 1.54) is 17.7 Å². The van der Waals surface area contributed by atoms with Gasteiger partial charge in [0, 0.05) is 5.69 Å². The van der Waals surface area contributed by atoms with E-state index in [1.54, 1.807) is 6.92 Å². The molecule has 70 valence electrons. The molecule has 0 bridgehead atoms. The van der Waals surface area contributed by atoms with Gasteiger partial charge in [0.25, 0.3) is 0 Å². The van der Waals surface area contributed by atoms with Gasteiger partial charge in [0.15, 0.2) is 11.5 Å². The quantitative estimate of drug-likeness (QED) is 0.737. The highest BCUT2D eigenvalue weighted by Crippen LogP contribution is 2.02. The zero-order valence-electron chi connectivity index (χ0n) is 7.44. The lowest BCUT2D eigenvalue weighted by atomic mass is 10.4. The van der Waals surface area contributed by atoms with Gasteiger partial charge in [-0.05, 0) is 19.9 Å². The average molecular weight is 182 g/mol. The third-order valence-electron chi connectivity index (χ3n) is 1.57. The maximum Gasteiger partial charge on any atom is 0.356 e. The third kappa shape index (κ3) is 2.14. The first-order chi connectivity index (χ1) is 6.00. The summed E-state index contributed by atoms with van der Waals surface area (Å²) >= 11 is 0. The van der Waals surface area contributed by atoms with E-state index in [0.29, 0.717) is 5.69 Å². The molecule has 0 aromatic carbocycles. The number of hydrogen-bond acceptors (Lipinski definition) is 3. The molecule has 0 unspecified atom stereocenters. The van der Waals surface area contributed by atoms with Crippen LogP contribution in [0.1, 0.15) is 23.1 Å². The lowest BCUT2D eigenvalue weighted by molar-refractivity contribution is -0.117. The Kier molecular flexibility index (Phi) is 2.46. The standard InChI is InChI=1S/C8H10N2O3/c1-5-3-7(8(12)13)9-10(5)4-6(2)11/h3H,4H2,1-2H3,(H,12,13). The summed E-state index contributed by atoms with van der Waals surface area (Å²) in [7, 11) is 0. The van der Waals surface area contributed by atoms with Crippen LogP contribution in [0.15, 0.2) is 6.07 Å². The summed E-state index contributed by atoms with van der Waals surface area (Å²) in [4.78, 5) is 21.2. The highest BCUT2D eigenvalue weighted by atomic mass is 16.4. The van der Waals surface area contributed by atoms with Crippen molar-refractivity contribution >= 4 is 11.8 Å². The molecule has 1 heterocycles. The molecule has 0 aliphatic carbocycles. The maximum absolute atomic E-state index is 10.7. The number of carboxylic acid groups (broad SMARTS) is 1. The van der Waals surface area contributed by atoms with E-state index in [-0.39, 0.29) is 18.0 Å². The van der Waals surface area contributed by atoms with Crippen molar-refractivity contribution in [1.29, 1.82) is 0 Å². The molecule has 0 aliphatic heterocycles. The highest BCUT2D eigenvalue weighted by molar-refractivity contribution is 5.85. The molecule has 1 aromatic rings. The Hall–Kier alpha value is -1.65. The Bertz CT molecular complexity index is 354. The van der Waals surface area contributed by atoms with Crippen LogP contribution in [0.3, 0.4) is 0 Å². The van der Waals surface area contributed by atoms with Gasteiger partial charge in [0.1, 0.15) is 0 Å². The molecule has 1 rings (SSSR count). The second kappa shape index (κ2) is 3.38. The third-order valence-corrected chi connectivity index (χ3v) is 1.57. The summed E-state index contributed by atoms with van der Waals surface area (Å²) in [5.74, 6) is -1.13. The summed E-state index contributed by atoms with van der Waals surface area (Å²) < 4.78 is 1.38. The summed E-state index contributed by atoms with van der Waals surface area (Å²) in [5.41, 5.74) is 0.645. The number of carbonyl (C=O) groups excluding carboxylic acids is 1. The van der Waals surface area contributed by atoms with Crippen LogP contribution in [-0.4, -0.2) is 26.6 Å². The average Bonchev–Trinajstić information content (AvgIpc) is 2.31. The monoisotopic (exact) mass is 182 g/mol. The number of aromatic carboxylic acids is 1. The van der Waals surface area contributed by atoms with Crippen LogP contribution >= 0.6 is 0 Å². The van der Waals surface area contributed by atoms with Crippen LogP contribution < -0.4 is 0 Å².